The topological polar surface area (TPSA) is 87.7 Å². The van der Waals surface area contributed by atoms with E-state index >= 15 is 0 Å². The van der Waals surface area contributed by atoms with E-state index in [4.69, 9.17) is 27.9 Å². The molecule has 39 heavy (non-hydrogen) atoms. The lowest BCUT2D eigenvalue weighted by molar-refractivity contribution is -0.141. The van der Waals surface area contributed by atoms with Gasteiger partial charge in [0.2, 0.25) is 17.7 Å². The summed E-state index contributed by atoms with van der Waals surface area (Å²) in [7, 11) is 0. The number of nitrogens with one attached hydrogen (secondary N) is 2. The maximum absolute atomic E-state index is 14.1. The van der Waals surface area contributed by atoms with Gasteiger partial charge in [-0.1, -0.05) is 84.9 Å². The minimum Gasteiger partial charge on any atom is -0.359 e. The van der Waals surface area contributed by atoms with Crippen molar-refractivity contribution in [3.8, 4) is 0 Å². The lowest BCUT2D eigenvalue weighted by atomic mass is 9.74. The van der Waals surface area contributed by atoms with Gasteiger partial charge in [0.1, 0.15) is 11.6 Å². The second-order valence-electron chi connectivity index (χ2n) is 11.0. The van der Waals surface area contributed by atoms with E-state index in [2.05, 4.69) is 10.6 Å². The number of amides is 3. The highest BCUT2D eigenvalue weighted by molar-refractivity contribution is 6.35. The maximum atomic E-state index is 14.1. The minimum absolute atomic E-state index is 0.0852. The Morgan fingerprint density at radius 2 is 1.72 bits per heavy atom. The average molecular weight is 569 g/mol. The van der Waals surface area contributed by atoms with Crippen molar-refractivity contribution in [2.24, 2.45) is 11.8 Å². The molecule has 4 aliphatic rings. The lowest BCUT2D eigenvalue weighted by Crippen LogP contribution is -2.56. The quantitative estimate of drug-likeness (QED) is 0.471. The van der Waals surface area contributed by atoms with Crippen molar-refractivity contribution in [3.63, 3.8) is 0 Å². The van der Waals surface area contributed by atoms with Gasteiger partial charge in [0.05, 0.1) is 17.9 Å². The summed E-state index contributed by atoms with van der Waals surface area (Å²) in [4.78, 5) is 43.2. The number of fused-ring (bicyclic) bond motifs is 1. The normalized spacial score (nSPS) is 29.5. The van der Waals surface area contributed by atoms with Crippen LogP contribution in [0.2, 0.25) is 10.0 Å². The van der Waals surface area contributed by atoms with Crippen LogP contribution in [-0.2, 0) is 25.5 Å². The van der Waals surface area contributed by atoms with Gasteiger partial charge in [-0.05, 0) is 43.0 Å². The lowest BCUT2D eigenvalue weighted by Gasteiger charge is -2.34. The summed E-state index contributed by atoms with van der Waals surface area (Å²) < 4.78 is 6.43. The number of ether oxygens (including phenoxy) is 1. The Kier molecular flexibility index (Phi) is 7.16. The molecule has 5 atom stereocenters. The zero-order chi connectivity index (χ0) is 27.1. The molecule has 6 rings (SSSR count). The summed E-state index contributed by atoms with van der Waals surface area (Å²) in [6.45, 7) is 0.351. The third-order valence-corrected chi connectivity index (χ3v) is 8.93. The Balaban J connectivity index is 1.29. The Hall–Kier alpha value is -2.87. The van der Waals surface area contributed by atoms with Gasteiger partial charge in [0.15, 0.2) is 0 Å². The smallest absolute Gasteiger partial charge is 0.246 e. The number of nitrogens with zero attached hydrogens (tertiary/aromatic N) is 1. The molecular weight excluding hydrogens is 537 g/mol. The Morgan fingerprint density at radius 1 is 1.00 bits per heavy atom. The van der Waals surface area contributed by atoms with Crippen molar-refractivity contribution in [3.05, 3.63) is 76.3 Å². The molecule has 3 aliphatic heterocycles. The Bertz CT molecular complexity index is 1290. The summed E-state index contributed by atoms with van der Waals surface area (Å²) in [6, 6.07) is 13.9. The zero-order valence-electron chi connectivity index (χ0n) is 21.4. The number of carbonyl (C=O) groups is 3. The van der Waals surface area contributed by atoms with Crippen molar-refractivity contribution in [1.29, 1.82) is 0 Å². The first kappa shape index (κ1) is 26.4. The maximum Gasteiger partial charge on any atom is 0.246 e. The molecule has 3 amide bonds. The van der Waals surface area contributed by atoms with Crippen molar-refractivity contribution < 1.29 is 19.1 Å². The molecule has 1 saturated carbocycles. The van der Waals surface area contributed by atoms with Crippen molar-refractivity contribution in [2.45, 2.75) is 62.3 Å². The van der Waals surface area contributed by atoms with Gasteiger partial charge >= 0.3 is 0 Å². The number of anilines is 1. The van der Waals surface area contributed by atoms with Crippen LogP contribution < -0.4 is 10.6 Å². The second kappa shape index (κ2) is 10.6. The summed E-state index contributed by atoms with van der Waals surface area (Å²) in [6.07, 6.45) is 8.84. The fourth-order valence-corrected chi connectivity index (χ4v) is 7.31. The molecule has 9 heteroatoms. The molecule has 2 aromatic carbocycles. The van der Waals surface area contributed by atoms with Gasteiger partial charge in [-0.3, -0.25) is 14.4 Å². The fraction of sp³-hybridized carbons (Fsp3) is 0.433. The first-order valence-corrected chi connectivity index (χ1v) is 14.4. The average Bonchev–Trinajstić information content (AvgIpc) is 3.55. The molecule has 2 aromatic rings. The molecule has 1 spiro atoms. The zero-order valence-corrected chi connectivity index (χ0v) is 23.0. The molecule has 0 radical (unpaired) electrons. The Labute approximate surface area is 237 Å². The largest absolute Gasteiger partial charge is 0.359 e. The van der Waals surface area contributed by atoms with E-state index in [9.17, 15) is 14.4 Å². The van der Waals surface area contributed by atoms with Crippen LogP contribution in [0, 0.1) is 11.8 Å². The van der Waals surface area contributed by atoms with Crippen LogP contribution in [0.3, 0.4) is 0 Å². The van der Waals surface area contributed by atoms with Crippen molar-refractivity contribution >= 4 is 46.6 Å². The predicted octanol–water partition coefficient (Wildman–Crippen LogP) is 4.77. The van der Waals surface area contributed by atoms with Crippen molar-refractivity contribution in [1.82, 2.24) is 10.2 Å². The molecule has 2 N–H and O–H groups in total. The molecule has 3 fully saturated rings. The van der Waals surface area contributed by atoms with E-state index in [0.717, 1.165) is 31.2 Å². The summed E-state index contributed by atoms with van der Waals surface area (Å²) >= 11 is 12.3. The van der Waals surface area contributed by atoms with Gasteiger partial charge in [0.25, 0.3) is 0 Å². The van der Waals surface area contributed by atoms with E-state index in [-0.39, 0.29) is 23.8 Å². The fourth-order valence-electron chi connectivity index (χ4n) is 6.78. The number of likely N-dealkylation sites (tertiary alicyclic amines) is 1. The molecular formula is C30H31Cl2N3O4. The van der Waals surface area contributed by atoms with Gasteiger partial charge < -0.3 is 20.3 Å². The van der Waals surface area contributed by atoms with E-state index in [1.807, 2.05) is 42.5 Å². The molecule has 2 saturated heterocycles. The van der Waals surface area contributed by atoms with Crippen LogP contribution in [0.15, 0.2) is 60.7 Å². The number of benzene rings is 2. The SMILES string of the molecule is O=C(Nc1cc(Cl)cc(Cl)c1)[C@H]1[C@@H]2C=C[C@]3(O2)[C@@H]1C(=O)N(CCc1ccccc1)[C@H]3C(=O)NC1CCCCC1. The van der Waals surface area contributed by atoms with Gasteiger partial charge in [-0.25, -0.2) is 0 Å². The van der Waals surface area contributed by atoms with E-state index in [1.54, 1.807) is 23.1 Å². The molecule has 1 aliphatic carbocycles. The number of halogens is 2. The third kappa shape index (κ3) is 4.85. The van der Waals surface area contributed by atoms with Crippen LogP contribution in [-0.4, -0.2) is 53.0 Å². The number of hydrogen-bond acceptors (Lipinski definition) is 4. The highest BCUT2D eigenvalue weighted by Gasteiger charge is 2.72. The minimum atomic E-state index is -1.19. The van der Waals surface area contributed by atoms with E-state index in [1.165, 1.54) is 6.42 Å². The predicted molar refractivity (Wildman–Crippen MR) is 149 cm³/mol. The van der Waals surface area contributed by atoms with Gasteiger partial charge in [0, 0.05) is 28.3 Å². The van der Waals surface area contributed by atoms with E-state index < -0.39 is 29.6 Å². The number of rotatable bonds is 7. The summed E-state index contributed by atoms with van der Waals surface area (Å²) in [5, 5.41) is 6.87. The molecule has 0 unspecified atom stereocenters. The van der Waals surface area contributed by atoms with Crippen molar-refractivity contribution in [2.75, 3.05) is 11.9 Å². The third-order valence-electron chi connectivity index (χ3n) is 8.49. The van der Waals surface area contributed by atoms with Crippen LogP contribution >= 0.6 is 23.2 Å². The number of hydrogen-bond donors (Lipinski definition) is 2. The highest BCUT2D eigenvalue weighted by atomic mass is 35.5. The van der Waals surface area contributed by atoms with E-state index in [0.29, 0.717) is 28.7 Å². The van der Waals surface area contributed by atoms with Gasteiger partial charge in [-0.15, -0.1) is 0 Å². The number of carbonyl (C=O) groups excluding carboxylic acids is 3. The van der Waals surface area contributed by atoms with Crippen LogP contribution in [0.5, 0.6) is 0 Å². The monoisotopic (exact) mass is 567 g/mol. The molecule has 2 bridgehead atoms. The molecule has 7 nitrogen and oxygen atoms in total. The first-order chi connectivity index (χ1) is 18.9. The molecule has 3 heterocycles. The highest BCUT2D eigenvalue weighted by Crippen LogP contribution is 2.55. The van der Waals surface area contributed by atoms with Crippen LogP contribution in [0.25, 0.3) is 0 Å². The molecule has 0 aromatic heterocycles. The van der Waals surface area contributed by atoms with Gasteiger partial charge in [-0.2, -0.15) is 0 Å². The molecule has 204 valence electrons. The van der Waals surface area contributed by atoms with Crippen LogP contribution in [0.1, 0.15) is 37.7 Å². The second-order valence-corrected chi connectivity index (χ2v) is 11.8. The first-order valence-electron chi connectivity index (χ1n) is 13.6. The van der Waals surface area contributed by atoms with Crippen LogP contribution in [0.4, 0.5) is 5.69 Å². The Morgan fingerprint density at radius 3 is 2.44 bits per heavy atom. The summed E-state index contributed by atoms with van der Waals surface area (Å²) in [5.41, 5.74) is 0.320. The standard InChI is InChI=1S/C30H31Cl2N3O4/c31-19-15-20(32)17-22(16-19)34-27(36)24-23-11-13-30(39-23)25(24)29(38)35(14-12-18-7-3-1-4-8-18)26(30)28(37)33-21-9-5-2-6-10-21/h1,3-4,7-8,11,13,15-17,21,23-26H,2,5-6,9-10,12,14H2,(H,33,37)(H,34,36)/t23-,24-,25-,26-,30-/m0/s1. The summed E-state index contributed by atoms with van der Waals surface area (Å²) in [5.74, 6) is -2.39.